The van der Waals surface area contributed by atoms with Crippen molar-refractivity contribution in [3.05, 3.63) is 53.6 Å². The third-order valence-corrected chi connectivity index (χ3v) is 12.6. The van der Waals surface area contributed by atoms with Crippen LogP contribution in [0.25, 0.3) is 10.2 Å². The number of rotatable bonds is 13. The van der Waals surface area contributed by atoms with Gasteiger partial charge in [0, 0.05) is 43.0 Å². The standard InChI is InChI=1S/C33H40F2N4O7S2/c1-2-9-39(48(42,43)23-6-8-26-29(14-23)47-32(37-26)36-22-4-5-22)15-28(40)27(12-18-10-20(34)13-21(35)11-18)38-33(41)46-30-19-3-7-24-25(30)17-45-31(24)44-16-19/h6,8,10-11,13-14,19,22,24-25,27-28,30-31,40H,2-5,7,9,12,15-17H2,1H3,(H,36,37)(H,38,41)/t19?,24?,25?,27-,28+,30?,31?/m0/s1. The first kappa shape index (κ1) is 33.5. The number of ether oxygens (including phenoxy) is 3. The van der Waals surface area contributed by atoms with Crippen LogP contribution in [0.2, 0.25) is 0 Å². The Morgan fingerprint density at radius 1 is 1.10 bits per heavy atom. The number of fused-ring (bicyclic) bond motifs is 3. The van der Waals surface area contributed by atoms with E-state index in [0.717, 1.165) is 49.0 Å². The Bertz CT molecular complexity index is 1740. The van der Waals surface area contributed by atoms with E-state index in [0.29, 0.717) is 35.9 Å². The molecule has 8 rings (SSSR count). The molecule has 260 valence electrons. The number of thiazole rings is 1. The van der Waals surface area contributed by atoms with Crippen LogP contribution in [0.15, 0.2) is 41.3 Å². The maximum atomic E-state index is 14.2. The molecule has 7 atom stereocenters. The topological polar surface area (TPSA) is 139 Å². The summed E-state index contributed by atoms with van der Waals surface area (Å²) in [7, 11) is -4.10. The molecule has 1 aromatic heterocycles. The van der Waals surface area contributed by atoms with Gasteiger partial charge in [0.15, 0.2) is 11.4 Å². The van der Waals surface area contributed by atoms with Crippen molar-refractivity contribution in [1.82, 2.24) is 14.6 Å². The highest BCUT2D eigenvalue weighted by molar-refractivity contribution is 7.89. The van der Waals surface area contributed by atoms with Crippen LogP contribution in [-0.4, -0.2) is 85.8 Å². The molecule has 3 aromatic rings. The summed E-state index contributed by atoms with van der Waals surface area (Å²) < 4.78 is 75.8. The van der Waals surface area contributed by atoms with Gasteiger partial charge in [0.2, 0.25) is 10.0 Å². The van der Waals surface area contributed by atoms with Gasteiger partial charge < -0.3 is 30.0 Å². The van der Waals surface area contributed by atoms with Gasteiger partial charge in [-0.2, -0.15) is 4.31 Å². The number of hydrogen-bond acceptors (Lipinski definition) is 10. The second kappa shape index (κ2) is 13.8. The second-order valence-corrected chi connectivity index (χ2v) is 16.3. The fourth-order valence-corrected chi connectivity index (χ4v) is 9.80. The largest absolute Gasteiger partial charge is 0.445 e. The molecule has 1 amide bonds. The molecule has 2 saturated carbocycles. The van der Waals surface area contributed by atoms with E-state index in [9.17, 15) is 27.1 Å². The summed E-state index contributed by atoms with van der Waals surface area (Å²) in [5, 5.41) is 18.4. The van der Waals surface area contributed by atoms with Crippen LogP contribution in [0.1, 0.15) is 44.6 Å². The van der Waals surface area contributed by atoms with E-state index >= 15 is 0 Å². The summed E-state index contributed by atoms with van der Waals surface area (Å²) in [6, 6.07) is 6.97. The second-order valence-electron chi connectivity index (χ2n) is 13.3. The quantitative estimate of drug-likeness (QED) is 0.232. The molecular formula is C33H40F2N4O7S2. The number of halogens is 2. The highest BCUT2D eigenvalue weighted by Crippen LogP contribution is 2.46. The van der Waals surface area contributed by atoms with Gasteiger partial charge >= 0.3 is 6.09 Å². The van der Waals surface area contributed by atoms with E-state index in [1.54, 1.807) is 12.1 Å². The van der Waals surface area contributed by atoms with Crippen molar-refractivity contribution < 1.29 is 41.3 Å². The Morgan fingerprint density at radius 3 is 2.62 bits per heavy atom. The third-order valence-electron chi connectivity index (χ3n) is 9.74. The normalized spacial score (nSPS) is 26.4. The summed E-state index contributed by atoms with van der Waals surface area (Å²) in [5.74, 6) is -1.53. The number of aromatic nitrogens is 1. The molecule has 3 saturated heterocycles. The van der Waals surface area contributed by atoms with Crippen molar-refractivity contribution in [2.45, 2.75) is 80.9 Å². The smallest absolute Gasteiger partial charge is 0.407 e. The number of alkyl carbamates (subject to hydrolysis) is 1. The Hall–Kier alpha value is -2.95. The Labute approximate surface area is 282 Å². The van der Waals surface area contributed by atoms with Crippen LogP contribution in [0, 0.1) is 29.4 Å². The third kappa shape index (κ3) is 7.17. The number of aliphatic hydroxyl groups excluding tert-OH is 1. The van der Waals surface area contributed by atoms with Gasteiger partial charge in [-0.3, -0.25) is 0 Å². The van der Waals surface area contributed by atoms with E-state index in [4.69, 9.17) is 14.2 Å². The molecule has 2 aromatic carbocycles. The molecule has 11 nitrogen and oxygen atoms in total. The monoisotopic (exact) mass is 706 g/mol. The lowest BCUT2D eigenvalue weighted by molar-refractivity contribution is -0.135. The number of nitrogens with zero attached hydrogens (tertiary/aromatic N) is 2. The lowest BCUT2D eigenvalue weighted by atomic mass is 9.74. The summed E-state index contributed by atoms with van der Waals surface area (Å²) in [6.45, 7) is 2.34. The first-order valence-corrected chi connectivity index (χ1v) is 18.8. The molecule has 3 N–H and O–H groups in total. The number of hydrogen-bond donors (Lipinski definition) is 3. The first-order valence-electron chi connectivity index (χ1n) is 16.6. The minimum absolute atomic E-state index is 0.00627. The maximum Gasteiger partial charge on any atom is 0.407 e. The van der Waals surface area contributed by atoms with E-state index in [2.05, 4.69) is 15.6 Å². The number of aliphatic hydroxyl groups is 1. The fraction of sp³-hybridized carbons (Fsp3) is 0.576. The predicted molar refractivity (Wildman–Crippen MR) is 174 cm³/mol. The van der Waals surface area contributed by atoms with Crippen molar-refractivity contribution in [3.8, 4) is 0 Å². The van der Waals surface area contributed by atoms with Crippen LogP contribution in [-0.2, 0) is 30.7 Å². The van der Waals surface area contributed by atoms with Crippen LogP contribution < -0.4 is 10.6 Å². The molecule has 5 unspecified atom stereocenters. The minimum atomic E-state index is -4.10. The van der Waals surface area contributed by atoms with E-state index in [-0.39, 0.29) is 54.0 Å². The lowest BCUT2D eigenvalue weighted by Gasteiger charge is -2.36. The molecule has 48 heavy (non-hydrogen) atoms. The number of amides is 1. The van der Waals surface area contributed by atoms with Gasteiger partial charge in [-0.1, -0.05) is 18.3 Å². The van der Waals surface area contributed by atoms with Crippen LogP contribution >= 0.6 is 11.3 Å². The molecule has 0 radical (unpaired) electrons. The Balaban J connectivity index is 1.10. The average molecular weight is 707 g/mol. The Morgan fingerprint density at radius 2 is 1.88 bits per heavy atom. The number of sulfonamides is 1. The maximum absolute atomic E-state index is 14.2. The molecule has 2 aliphatic carbocycles. The number of benzene rings is 2. The summed E-state index contributed by atoms with van der Waals surface area (Å²) in [6.07, 6.45) is 1.15. The van der Waals surface area contributed by atoms with Crippen molar-refractivity contribution in [2.24, 2.45) is 17.8 Å². The molecule has 0 spiro atoms. The minimum Gasteiger partial charge on any atom is -0.445 e. The van der Waals surface area contributed by atoms with Gasteiger partial charge in [-0.25, -0.2) is 27.0 Å². The zero-order chi connectivity index (χ0) is 33.6. The van der Waals surface area contributed by atoms with Gasteiger partial charge in [0.25, 0.3) is 0 Å². The van der Waals surface area contributed by atoms with Crippen molar-refractivity contribution in [3.63, 3.8) is 0 Å². The first-order chi connectivity index (χ1) is 23.1. The molecule has 5 aliphatic rings. The summed E-state index contributed by atoms with van der Waals surface area (Å²) in [5.41, 5.74) is 0.865. The highest BCUT2D eigenvalue weighted by Gasteiger charge is 2.52. The van der Waals surface area contributed by atoms with E-state index in [1.165, 1.54) is 21.7 Å². The van der Waals surface area contributed by atoms with Crippen molar-refractivity contribution in [2.75, 3.05) is 31.6 Å². The van der Waals surface area contributed by atoms with E-state index < -0.39 is 46.0 Å². The summed E-state index contributed by atoms with van der Waals surface area (Å²) in [4.78, 5) is 18.0. The van der Waals surface area contributed by atoms with Gasteiger partial charge in [0.1, 0.15) is 17.7 Å². The van der Waals surface area contributed by atoms with Crippen molar-refractivity contribution >= 4 is 42.8 Å². The van der Waals surface area contributed by atoms with Crippen molar-refractivity contribution in [1.29, 1.82) is 0 Å². The predicted octanol–water partition coefficient (Wildman–Crippen LogP) is 4.65. The lowest BCUT2D eigenvalue weighted by Crippen LogP contribution is -2.52. The zero-order valence-corrected chi connectivity index (χ0v) is 28.2. The van der Waals surface area contributed by atoms with Gasteiger partial charge in [0.05, 0.1) is 40.5 Å². The summed E-state index contributed by atoms with van der Waals surface area (Å²) >= 11 is 1.38. The molecule has 4 bridgehead atoms. The van der Waals surface area contributed by atoms with Crippen LogP contribution in [0.4, 0.5) is 18.7 Å². The number of nitrogens with one attached hydrogen (secondary N) is 2. The van der Waals surface area contributed by atoms with Gasteiger partial charge in [-0.15, -0.1) is 0 Å². The molecule has 4 heterocycles. The molecular weight excluding hydrogens is 667 g/mol. The fourth-order valence-electron chi connectivity index (χ4n) is 7.16. The SMILES string of the molecule is CCCN(C[C@@H](O)[C@H](Cc1cc(F)cc(F)c1)NC(=O)OC1C2CCC3C(OC2)OCC31)S(=O)(=O)c1ccc2nc(NC3CC3)sc2c1. The number of carbonyl (C=O) groups excluding carboxylic acids is 1. The molecule has 15 heteroatoms. The van der Waals surface area contributed by atoms with Gasteiger partial charge in [-0.05, 0) is 74.4 Å². The molecule has 5 fully saturated rings. The number of carbonyl (C=O) groups is 1. The highest BCUT2D eigenvalue weighted by atomic mass is 32.2. The number of anilines is 1. The zero-order valence-electron chi connectivity index (χ0n) is 26.5. The van der Waals surface area contributed by atoms with E-state index in [1.807, 2.05) is 6.92 Å². The Kier molecular flexibility index (Phi) is 9.61. The van der Waals surface area contributed by atoms with Crippen LogP contribution in [0.3, 0.4) is 0 Å². The molecule has 3 aliphatic heterocycles. The average Bonchev–Trinajstić information content (AvgIpc) is 3.69. The van der Waals surface area contributed by atoms with Crippen LogP contribution in [0.5, 0.6) is 0 Å².